The summed E-state index contributed by atoms with van der Waals surface area (Å²) in [5.74, 6) is -0.624. The second kappa shape index (κ2) is 19.4. The van der Waals surface area contributed by atoms with Crippen molar-refractivity contribution in [3.8, 4) is 0 Å². The van der Waals surface area contributed by atoms with Crippen LogP contribution in [0.4, 0.5) is 0 Å². The number of hydrogen-bond donors (Lipinski definition) is 3. The zero-order valence-corrected chi connectivity index (χ0v) is 19.8. The molecule has 9 nitrogen and oxygen atoms in total. The number of aliphatic hydroxyl groups excluding tert-OH is 1. The van der Waals surface area contributed by atoms with Gasteiger partial charge in [0.15, 0.2) is 0 Å². The van der Waals surface area contributed by atoms with Crippen molar-refractivity contribution in [2.75, 3.05) is 26.4 Å². The first-order valence-corrected chi connectivity index (χ1v) is 12.7. The minimum Gasteiger partial charge on any atom is -0.463 e. The van der Waals surface area contributed by atoms with E-state index in [1.807, 2.05) is 0 Å². The average molecular weight is 466 g/mol. The molecule has 0 aromatic heterocycles. The van der Waals surface area contributed by atoms with E-state index in [-0.39, 0.29) is 32.1 Å². The van der Waals surface area contributed by atoms with Gasteiger partial charge in [0.1, 0.15) is 12.7 Å². The van der Waals surface area contributed by atoms with E-state index in [1.54, 1.807) is 6.92 Å². The van der Waals surface area contributed by atoms with Gasteiger partial charge in [-0.15, -0.1) is 0 Å². The molecule has 0 aromatic rings. The van der Waals surface area contributed by atoms with E-state index in [4.69, 9.17) is 4.52 Å². The van der Waals surface area contributed by atoms with Crippen molar-refractivity contribution in [1.82, 2.24) is 5.32 Å². The Labute approximate surface area is 186 Å². The van der Waals surface area contributed by atoms with Gasteiger partial charge in [-0.3, -0.25) is 18.6 Å². The summed E-state index contributed by atoms with van der Waals surface area (Å²) in [6, 6.07) is 0. The summed E-state index contributed by atoms with van der Waals surface area (Å²) < 4.78 is 25.8. The highest BCUT2D eigenvalue weighted by atomic mass is 31.2. The first-order chi connectivity index (χ1) is 14.8. The van der Waals surface area contributed by atoms with Crippen LogP contribution in [0.3, 0.4) is 0 Å². The molecule has 2 atom stereocenters. The van der Waals surface area contributed by atoms with E-state index < -0.39 is 26.5 Å². The van der Waals surface area contributed by atoms with Gasteiger partial charge in [-0.25, -0.2) is 4.57 Å². The second-order valence-corrected chi connectivity index (χ2v) is 8.66. The number of nitrogens with one attached hydrogen (secondary N) is 1. The standard InChI is InChI=1S/C21H40NO8P/c1-3-5-6-7-8-9-10-11-12-13-14-20(24)22-15-16-29-31(26,27)30-18-19(23)17-28-21(25)4-2/h6-7,19,23H,3-5,8-18H2,1-2H3,(H,22,24)(H,26,27)/b7-6-. The summed E-state index contributed by atoms with van der Waals surface area (Å²) >= 11 is 0. The Morgan fingerprint density at radius 2 is 1.68 bits per heavy atom. The lowest BCUT2D eigenvalue weighted by atomic mass is 10.1. The summed E-state index contributed by atoms with van der Waals surface area (Å²) in [6.07, 6.45) is 12.5. The summed E-state index contributed by atoms with van der Waals surface area (Å²) in [5, 5.41) is 12.2. The summed E-state index contributed by atoms with van der Waals surface area (Å²) in [4.78, 5) is 32.3. The maximum Gasteiger partial charge on any atom is 0.472 e. The fraction of sp³-hybridized carbons (Fsp3) is 0.810. The molecule has 0 aliphatic heterocycles. The molecular weight excluding hydrogens is 425 g/mol. The molecule has 2 unspecified atom stereocenters. The number of aliphatic hydroxyl groups is 1. The SMILES string of the molecule is CCC/C=C\CCCCCCCC(=O)NCCOP(=O)(O)OCC(O)COC(=O)CC. The number of ether oxygens (including phenoxy) is 1. The van der Waals surface area contributed by atoms with Crippen LogP contribution in [0.1, 0.15) is 78.1 Å². The van der Waals surface area contributed by atoms with Gasteiger partial charge in [-0.2, -0.15) is 0 Å². The maximum atomic E-state index is 11.8. The lowest BCUT2D eigenvalue weighted by Gasteiger charge is -2.15. The molecule has 0 rings (SSSR count). The van der Waals surface area contributed by atoms with E-state index in [0.717, 1.165) is 38.5 Å². The Hall–Kier alpha value is -1.25. The lowest BCUT2D eigenvalue weighted by molar-refractivity contribution is -0.146. The number of rotatable bonds is 20. The Kier molecular flexibility index (Phi) is 18.7. The predicted molar refractivity (Wildman–Crippen MR) is 118 cm³/mol. The largest absolute Gasteiger partial charge is 0.472 e. The zero-order valence-electron chi connectivity index (χ0n) is 18.9. The molecule has 182 valence electrons. The molecular formula is C21H40NO8P. The van der Waals surface area contributed by atoms with Crippen LogP contribution in [-0.2, 0) is 27.9 Å². The number of carbonyl (C=O) groups excluding carboxylic acids is 2. The first-order valence-electron chi connectivity index (χ1n) is 11.2. The van der Waals surface area contributed by atoms with Crippen LogP contribution in [0, 0.1) is 0 Å². The van der Waals surface area contributed by atoms with Gasteiger partial charge in [0, 0.05) is 19.4 Å². The number of allylic oxidation sites excluding steroid dienone is 2. The number of hydrogen-bond acceptors (Lipinski definition) is 7. The van der Waals surface area contributed by atoms with Crippen LogP contribution < -0.4 is 5.32 Å². The number of esters is 1. The second-order valence-electron chi connectivity index (χ2n) is 7.20. The lowest BCUT2D eigenvalue weighted by Crippen LogP contribution is -2.27. The third kappa shape index (κ3) is 20.4. The number of phosphoric acid groups is 1. The monoisotopic (exact) mass is 465 g/mol. The van der Waals surface area contributed by atoms with Crippen LogP contribution in [0.2, 0.25) is 0 Å². The van der Waals surface area contributed by atoms with Crippen molar-refractivity contribution in [1.29, 1.82) is 0 Å². The molecule has 0 saturated carbocycles. The molecule has 0 saturated heterocycles. The van der Waals surface area contributed by atoms with Gasteiger partial charge in [0.05, 0.1) is 13.2 Å². The molecule has 0 bridgehead atoms. The van der Waals surface area contributed by atoms with E-state index in [9.17, 15) is 24.2 Å². The quantitative estimate of drug-likeness (QED) is 0.107. The number of phosphoric ester groups is 1. The van der Waals surface area contributed by atoms with Crippen LogP contribution in [-0.4, -0.2) is 54.3 Å². The van der Waals surface area contributed by atoms with Crippen LogP contribution >= 0.6 is 7.82 Å². The smallest absolute Gasteiger partial charge is 0.463 e. The van der Waals surface area contributed by atoms with E-state index in [2.05, 4.69) is 33.7 Å². The molecule has 0 spiro atoms. The molecule has 10 heteroatoms. The first kappa shape index (κ1) is 29.8. The van der Waals surface area contributed by atoms with E-state index in [0.29, 0.717) is 6.42 Å². The molecule has 0 heterocycles. The minimum atomic E-state index is -4.36. The van der Waals surface area contributed by atoms with E-state index in [1.165, 1.54) is 12.8 Å². The normalized spacial score (nSPS) is 14.3. The highest BCUT2D eigenvalue weighted by Gasteiger charge is 2.23. The fourth-order valence-electron chi connectivity index (χ4n) is 2.48. The Bertz CT molecular complexity index is 555. The van der Waals surface area contributed by atoms with Gasteiger partial charge >= 0.3 is 13.8 Å². The molecule has 1 amide bonds. The minimum absolute atomic E-state index is 0.0769. The Balaban J connectivity index is 3.65. The number of carbonyl (C=O) groups is 2. The van der Waals surface area contributed by atoms with Crippen molar-refractivity contribution < 1.29 is 37.9 Å². The van der Waals surface area contributed by atoms with Gasteiger partial charge in [-0.05, 0) is 25.7 Å². The molecule has 0 aliphatic rings. The van der Waals surface area contributed by atoms with Crippen molar-refractivity contribution in [2.45, 2.75) is 84.2 Å². The van der Waals surface area contributed by atoms with E-state index >= 15 is 0 Å². The fourth-order valence-corrected chi connectivity index (χ4v) is 3.23. The third-order valence-electron chi connectivity index (χ3n) is 4.23. The van der Waals surface area contributed by atoms with Gasteiger partial charge in [0.25, 0.3) is 0 Å². The Morgan fingerprint density at radius 3 is 2.39 bits per heavy atom. The van der Waals surface area contributed by atoms with Crippen LogP contribution in [0.25, 0.3) is 0 Å². The molecule has 0 radical (unpaired) electrons. The zero-order chi connectivity index (χ0) is 23.4. The molecule has 3 N–H and O–H groups in total. The summed E-state index contributed by atoms with van der Waals surface area (Å²) in [7, 11) is -4.36. The maximum absolute atomic E-state index is 11.8. The van der Waals surface area contributed by atoms with Gasteiger partial charge in [-0.1, -0.05) is 51.7 Å². The molecule has 0 fully saturated rings. The van der Waals surface area contributed by atoms with Crippen LogP contribution in [0.15, 0.2) is 12.2 Å². The van der Waals surface area contributed by atoms with Crippen molar-refractivity contribution in [3.63, 3.8) is 0 Å². The highest BCUT2D eigenvalue weighted by Crippen LogP contribution is 2.42. The van der Waals surface area contributed by atoms with Gasteiger partial charge in [0.2, 0.25) is 5.91 Å². The highest BCUT2D eigenvalue weighted by molar-refractivity contribution is 7.47. The predicted octanol–water partition coefficient (Wildman–Crippen LogP) is 3.64. The Morgan fingerprint density at radius 1 is 1.00 bits per heavy atom. The number of unbranched alkanes of at least 4 members (excludes halogenated alkanes) is 6. The average Bonchev–Trinajstić information content (AvgIpc) is 2.75. The topological polar surface area (TPSA) is 131 Å². The molecule has 31 heavy (non-hydrogen) atoms. The summed E-state index contributed by atoms with van der Waals surface area (Å²) in [5.41, 5.74) is 0. The number of amides is 1. The van der Waals surface area contributed by atoms with Crippen molar-refractivity contribution in [3.05, 3.63) is 12.2 Å². The third-order valence-corrected chi connectivity index (χ3v) is 5.21. The van der Waals surface area contributed by atoms with Crippen molar-refractivity contribution >= 4 is 19.7 Å². The van der Waals surface area contributed by atoms with Crippen LogP contribution in [0.5, 0.6) is 0 Å². The van der Waals surface area contributed by atoms with Crippen molar-refractivity contribution in [2.24, 2.45) is 0 Å². The molecule has 0 aliphatic carbocycles. The molecule has 0 aromatic carbocycles. The summed E-state index contributed by atoms with van der Waals surface area (Å²) in [6.45, 7) is 2.79. The van der Waals surface area contributed by atoms with Gasteiger partial charge < -0.3 is 20.1 Å².